The number of allylic oxidation sites excluding steroid dienone is 2. The van der Waals surface area contributed by atoms with Crippen LogP contribution in [0.2, 0.25) is 0 Å². The summed E-state index contributed by atoms with van der Waals surface area (Å²) >= 11 is 5.39. The lowest BCUT2D eigenvalue weighted by Crippen LogP contribution is -2.49. The molecule has 0 aliphatic carbocycles. The van der Waals surface area contributed by atoms with E-state index in [-0.39, 0.29) is 17.7 Å². The summed E-state index contributed by atoms with van der Waals surface area (Å²) in [4.78, 5) is 14.0. The number of halogens is 2. The number of amides is 1. The molecular formula is C15H25ClFNO3. The zero-order valence-electron chi connectivity index (χ0n) is 13.4. The topological polar surface area (TPSA) is 38.8 Å². The lowest BCUT2D eigenvalue weighted by atomic mass is 10.1. The third-order valence-corrected chi connectivity index (χ3v) is 3.41. The highest BCUT2D eigenvalue weighted by Gasteiger charge is 2.45. The largest absolute Gasteiger partial charge is 0.444 e. The van der Waals surface area contributed by atoms with Crippen molar-refractivity contribution in [2.24, 2.45) is 0 Å². The molecule has 0 bridgehead atoms. The van der Waals surface area contributed by atoms with Gasteiger partial charge >= 0.3 is 6.09 Å². The number of carbonyl (C=O) groups is 1. The van der Waals surface area contributed by atoms with Crippen molar-refractivity contribution < 1.29 is 18.7 Å². The monoisotopic (exact) mass is 321 g/mol. The van der Waals surface area contributed by atoms with Crippen molar-refractivity contribution in [1.82, 2.24) is 4.90 Å². The summed E-state index contributed by atoms with van der Waals surface area (Å²) in [5.74, 6) is -0.471. The maximum absolute atomic E-state index is 13.0. The van der Waals surface area contributed by atoms with E-state index >= 15 is 0 Å². The first-order valence-electron chi connectivity index (χ1n) is 7.13. The Hall–Kier alpha value is -0.810. The maximum atomic E-state index is 13.0. The Labute approximate surface area is 131 Å². The highest BCUT2D eigenvalue weighted by atomic mass is 35.5. The molecule has 0 N–H and O–H groups in total. The van der Waals surface area contributed by atoms with Crippen molar-refractivity contribution in [1.29, 1.82) is 0 Å². The lowest BCUT2D eigenvalue weighted by molar-refractivity contribution is -0.0626. The minimum atomic E-state index is -0.720. The molecule has 4 nitrogen and oxygen atoms in total. The van der Waals surface area contributed by atoms with Gasteiger partial charge in [-0.3, -0.25) is 4.90 Å². The smallest absolute Gasteiger partial charge is 0.412 e. The van der Waals surface area contributed by atoms with Crippen LogP contribution in [0.4, 0.5) is 9.18 Å². The second-order valence-electron chi connectivity index (χ2n) is 6.62. The van der Waals surface area contributed by atoms with Crippen LogP contribution in [-0.4, -0.2) is 40.8 Å². The number of nitrogens with zero attached hydrogens (tertiary/aromatic N) is 1. The van der Waals surface area contributed by atoms with Gasteiger partial charge in [0.15, 0.2) is 0 Å². The van der Waals surface area contributed by atoms with Gasteiger partial charge in [-0.2, -0.15) is 0 Å². The first kappa shape index (κ1) is 18.2. The van der Waals surface area contributed by atoms with Gasteiger partial charge < -0.3 is 9.47 Å². The standard InChI is InChI=1S/C15H25ClFNO3/c1-14(2,3)21-13(19)18-12(10-20-15(18,4)5)8-6-7-11(17)9-16/h7,12H,6,8-10H2,1-5H3/t12-/m0/s1. The number of carbonyl (C=O) groups excluding carboxylic acids is 1. The van der Waals surface area contributed by atoms with Crippen LogP contribution in [0.15, 0.2) is 11.9 Å². The Balaban J connectivity index is 2.73. The predicted molar refractivity (Wildman–Crippen MR) is 81.0 cm³/mol. The third kappa shape index (κ3) is 5.47. The van der Waals surface area contributed by atoms with Gasteiger partial charge in [0.1, 0.15) is 17.2 Å². The van der Waals surface area contributed by atoms with Gasteiger partial charge in [-0.25, -0.2) is 9.18 Å². The SMILES string of the molecule is CC(C)(C)OC(=O)N1[C@@H](CCC=C(F)CCl)COC1(C)C. The van der Waals surface area contributed by atoms with Crippen molar-refractivity contribution >= 4 is 17.7 Å². The number of rotatable bonds is 4. The third-order valence-electron chi connectivity index (χ3n) is 3.16. The molecule has 1 fully saturated rings. The van der Waals surface area contributed by atoms with Crippen LogP contribution in [0.5, 0.6) is 0 Å². The van der Waals surface area contributed by atoms with Crippen molar-refractivity contribution in [2.75, 3.05) is 12.5 Å². The van der Waals surface area contributed by atoms with E-state index in [2.05, 4.69) is 0 Å². The summed E-state index contributed by atoms with van der Waals surface area (Å²) in [7, 11) is 0. The van der Waals surface area contributed by atoms with Gasteiger partial charge in [-0.05, 0) is 47.5 Å². The molecule has 1 saturated heterocycles. The van der Waals surface area contributed by atoms with Gasteiger partial charge in [0, 0.05) is 0 Å². The molecular weight excluding hydrogens is 297 g/mol. The molecule has 0 saturated carbocycles. The summed E-state index contributed by atoms with van der Waals surface area (Å²) in [6, 6.07) is -0.130. The van der Waals surface area contributed by atoms with Crippen molar-refractivity contribution in [3.05, 3.63) is 11.9 Å². The fourth-order valence-corrected chi connectivity index (χ4v) is 2.37. The van der Waals surface area contributed by atoms with E-state index in [1.54, 1.807) is 4.90 Å². The molecule has 1 aliphatic heterocycles. The molecule has 0 aromatic heterocycles. The molecule has 1 heterocycles. The lowest BCUT2D eigenvalue weighted by Gasteiger charge is -2.35. The van der Waals surface area contributed by atoms with Crippen LogP contribution in [0, 0.1) is 0 Å². The minimum Gasteiger partial charge on any atom is -0.444 e. The fraction of sp³-hybridized carbons (Fsp3) is 0.800. The molecule has 0 aromatic rings. The van der Waals surface area contributed by atoms with Crippen LogP contribution >= 0.6 is 11.6 Å². The molecule has 6 heteroatoms. The zero-order valence-corrected chi connectivity index (χ0v) is 14.2. The number of alkyl halides is 1. The highest BCUT2D eigenvalue weighted by molar-refractivity contribution is 6.19. The zero-order chi connectivity index (χ0) is 16.3. The van der Waals surface area contributed by atoms with Crippen LogP contribution < -0.4 is 0 Å². The normalized spacial score (nSPS) is 22.5. The van der Waals surface area contributed by atoms with E-state index in [9.17, 15) is 9.18 Å². The first-order valence-corrected chi connectivity index (χ1v) is 7.67. The molecule has 0 unspecified atom stereocenters. The average Bonchev–Trinajstić information content (AvgIpc) is 2.62. The van der Waals surface area contributed by atoms with E-state index in [4.69, 9.17) is 21.1 Å². The van der Waals surface area contributed by atoms with E-state index < -0.39 is 17.4 Å². The summed E-state index contributed by atoms with van der Waals surface area (Å²) in [5, 5.41) is 0. The molecule has 0 radical (unpaired) electrons. The van der Waals surface area contributed by atoms with E-state index in [0.717, 1.165) is 0 Å². The van der Waals surface area contributed by atoms with E-state index in [1.165, 1.54) is 6.08 Å². The summed E-state index contributed by atoms with van der Waals surface area (Å²) in [6.07, 6.45) is 2.15. The van der Waals surface area contributed by atoms with E-state index in [1.807, 2.05) is 34.6 Å². The number of ether oxygens (including phenoxy) is 2. The van der Waals surface area contributed by atoms with Crippen LogP contribution in [0.3, 0.4) is 0 Å². The van der Waals surface area contributed by atoms with Crippen LogP contribution in [0.1, 0.15) is 47.5 Å². The Kier molecular flexibility index (Phi) is 6.05. The van der Waals surface area contributed by atoms with Gasteiger partial charge in [0.05, 0.1) is 18.5 Å². The van der Waals surface area contributed by atoms with Gasteiger partial charge in [-0.1, -0.05) is 6.08 Å². The molecule has 1 rings (SSSR count). The molecule has 21 heavy (non-hydrogen) atoms. The van der Waals surface area contributed by atoms with Crippen LogP contribution in [-0.2, 0) is 9.47 Å². The number of hydrogen-bond donors (Lipinski definition) is 0. The average molecular weight is 322 g/mol. The first-order chi connectivity index (χ1) is 9.57. The van der Waals surface area contributed by atoms with Gasteiger partial charge in [0.25, 0.3) is 0 Å². The van der Waals surface area contributed by atoms with Gasteiger partial charge in [0.2, 0.25) is 0 Å². The second kappa shape index (κ2) is 6.97. The quantitative estimate of drug-likeness (QED) is 0.727. The predicted octanol–water partition coefficient (Wildman–Crippen LogP) is 4.23. The molecule has 1 aliphatic rings. The van der Waals surface area contributed by atoms with Crippen molar-refractivity contribution in [2.45, 2.75) is 64.8 Å². The Bertz CT molecular complexity index is 404. The molecule has 1 atom stereocenters. The Morgan fingerprint density at radius 1 is 1.52 bits per heavy atom. The maximum Gasteiger partial charge on any atom is 0.412 e. The van der Waals surface area contributed by atoms with Crippen LogP contribution in [0.25, 0.3) is 0 Å². The molecule has 0 aromatic carbocycles. The fourth-order valence-electron chi connectivity index (χ4n) is 2.26. The minimum absolute atomic E-state index is 0.123. The molecule has 1 amide bonds. The summed E-state index contributed by atoms with van der Waals surface area (Å²) in [6.45, 7) is 9.54. The van der Waals surface area contributed by atoms with Crippen molar-refractivity contribution in [3.8, 4) is 0 Å². The van der Waals surface area contributed by atoms with E-state index in [0.29, 0.717) is 19.4 Å². The molecule has 122 valence electrons. The Morgan fingerprint density at radius 3 is 2.67 bits per heavy atom. The second-order valence-corrected chi connectivity index (χ2v) is 6.89. The highest BCUT2D eigenvalue weighted by Crippen LogP contribution is 2.31. The van der Waals surface area contributed by atoms with Gasteiger partial charge in [-0.15, -0.1) is 11.6 Å². The summed E-state index contributed by atoms with van der Waals surface area (Å²) in [5.41, 5.74) is -1.29. The number of hydrogen-bond acceptors (Lipinski definition) is 3. The Morgan fingerprint density at radius 2 is 2.14 bits per heavy atom. The molecule has 0 spiro atoms. The van der Waals surface area contributed by atoms with Crippen molar-refractivity contribution in [3.63, 3.8) is 0 Å². The summed E-state index contributed by atoms with van der Waals surface area (Å²) < 4.78 is 24.1.